The molecule has 1 fully saturated rings. The summed E-state index contributed by atoms with van der Waals surface area (Å²) in [4.78, 5) is 0. The summed E-state index contributed by atoms with van der Waals surface area (Å²) in [5.41, 5.74) is 1.23. The first-order valence-electron chi connectivity index (χ1n) is 7.89. The molecular weight excluding hydrogens is 235 g/mol. The van der Waals surface area contributed by atoms with Crippen LogP contribution in [0.15, 0.2) is 11.6 Å². The van der Waals surface area contributed by atoms with E-state index in [4.69, 9.17) is 9.31 Å². The SMILES string of the molecule is CCCCC1=CCC[C@H](B2OC(C)(C)C(C)(C)O2)C1. The lowest BCUT2D eigenvalue weighted by Gasteiger charge is -2.32. The van der Waals surface area contributed by atoms with Gasteiger partial charge in [0.15, 0.2) is 0 Å². The van der Waals surface area contributed by atoms with E-state index in [2.05, 4.69) is 40.7 Å². The highest BCUT2D eigenvalue weighted by Gasteiger charge is 2.53. The van der Waals surface area contributed by atoms with E-state index < -0.39 is 0 Å². The predicted molar refractivity (Wildman–Crippen MR) is 81.3 cm³/mol. The minimum absolute atomic E-state index is 0.0182. The minimum atomic E-state index is -0.192. The first-order valence-corrected chi connectivity index (χ1v) is 7.89. The van der Waals surface area contributed by atoms with Crippen molar-refractivity contribution in [2.75, 3.05) is 0 Å². The number of hydrogen-bond acceptors (Lipinski definition) is 2. The normalized spacial score (nSPS) is 29.4. The lowest BCUT2D eigenvalue weighted by molar-refractivity contribution is 0.00578. The van der Waals surface area contributed by atoms with Crippen LogP contribution in [0.1, 0.15) is 73.1 Å². The quantitative estimate of drug-likeness (QED) is 0.539. The van der Waals surface area contributed by atoms with Crippen LogP contribution in [0.25, 0.3) is 0 Å². The van der Waals surface area contributed by atoms with Crippen molar-refractivity contribution in [1.82, 2.24) is 0 Å². The van der Waals surface area contributed by atoms with Crippen molar-refractivity contribution in [3.63, 3.8) is 0 Å². The van der Waals surface area contributed by atoms with E-state index in [0.29, 0.717) is 5.82 Å². The molecule has 0 aromatic rings. The third-order valence-electron chi connectivity index (χ3n) is 5.00. The van der Waals surface area contributed by atoms with Crippen molar-refractivity contribution in [3.8, 4) is 0 Å². The number of rotatable bonds is 4. The zero-order valence-electron chi connectivity index (χ0n) is 13.3. The second kappa shape index (κ2) is 5.61. The summed E-state index contributed by atoms with van der Waals surface area (Å²) in [7, 11) is -0.0182. The van der Waals surface area contributed by atoms with Crippen LogP contribution in [0.2, 0.25) is 5.82 Å². The molecule has 2 rings (SSSR count). The summed E-state index contributed by atoms with van der Waals surface area (Å²) < 4.78 is 12.4. The molecule has 2 aliphatic rings. The van der Waals surface area contributed by atoms with Crippen LogP contribution in [0.4, 0.5) is 0 Å². The summed E-state index contributed by atoms with van der Waals surface area (Å²) in [5, 5.41) is 0. The Hall–Kier alpha value is -0.275. The zero-order chi connectivity index (χ0) is 14.1. The Morgan fingerprint density at radius 2 is 1.84 bits per heavy atom. The van der Waals surface area contributed by atoms with Gasteiger partial charge in [0, 0.05) is 0 Å². The molecule has 1 aliphatic heterocycles. The Bertz CT molecular complexity index is 331. The first kappa shape index (κ1) is 15.1. The van der Waals surface area contributed by atoms with E-state index in [-0.39, 0.29) is 18.3 Å². The number of unbranched alkanes of at least 4 members (excludes halogenated alkanes) is 1. The van der Waals surface area contributed by atoms with Crippen molar-refractivity contribution in [2.45, 2.75) is 90.2 Å². The van der Waals surface area contributed by atoms with Gasteiger partial charge in [-0.2, -0.15) is 0 Å². The molecule has 0 spiro atoms. The van der Waals surface area contributed by atoms with Crippen LogP contribution >= 0.6 is 0 Å². The molecule has 0 bridgehead atoms. The lowest BCUT2D eigenvalue weighted by atomic mass is 9.64. The molecular formula is C16H29BO2. The second-order valence-electron chi connectivity index (χ2n) is 7.13. The van der Waals surface area contributed by atoms with Crippen LogP contribution in [-0.4, -0.2) is 18.3 Å². The van der Waals surface area contributed by atoms with Gasteiger partial charge >= 0.3 is 7.12 Å². The Kier molecular flexibility index (Phi) is 4.47. The Balaban J connectivity index is 1.96. The molecule has 2 nitrogen and oxygen atoms in total. The maximum Gasteiger partial charge on any atom is 0.461 e. The van der Waals surface area contributed by atoms with Crippen LogP contribution in [0, 0.1) is 0 Å². The maximum atomic E-state index is 6.21. The van der Waals surface area contributed by atoms with Gasteiger partial charge in [0.2, 0.25) is 0 Å². The molecule has 0 aromatic carbocycles. The van der Waals surface area contributed by atoms with Crippen molar-refractivity contribution >= 4 is 7.12 Å². The van der Waals surface area contributed by atoms with E-state index in [1.165, 1.54) is 32.1 Å². The zero-order valence-corrected chi connectivity index (χ0v) is 13.3. The molecule has 1 heterocycles. The Labute approximate surface area is 119 Å². The highest BCUT2D eigenvalue weighted by molar-refractivity contribution is 6.47. The van der Waals surface area contributed by atoms with Gasteiger partial charge in [-0.15, -0.1) is 0 Å². The van der Waals surface area contributed by atoms with Gasteiger partial charge < -0.3 is 9.31 Å². The van der Waals surface area contributed by atoms with E-state index >= 15 is 0 Å². The van der Waals surface area contributed by atoms with E-state index in [1.54, 1.807) is 5.57 Å². The standard InChI is InChI=1S/C16H29BO2/c1-6-7-9-13-10-8-11-14(12-13)17-18-15(2,3)16(4,5)19-17/h10,14H,6-9,11-12H2,1-5H3/t14-/m0/s1. The first-order chi connectivity index (χ1) is 8.86. The summed E-state index contributed by atoms with van der Waals surface area (Å²) in [6.07, 6.45) is 9.83. The summed E-state index contributed by atoms with van der Waals surface area (Å²) >= 11 is 0. The second-order valence-corrected chi connectivity index (χ2v) is 7.13. The largest absolute Gasteiger partial charge is 0.461 e. The van der Waals surface area contributed by atoms with Crippen LogP contribution in [-0.2, 0) is 9.31 Å². The van der Waals surface area contributed by atoms with E-state index in [1.807, 2.05) is 0 Å². The molecule has 19 heavy (non-hydrogen) atoms. The van der Waals surface area contributed by atoms with Gasteiger partial charge in [0.25, 0.3) is 0 Å². The number of allylic oxidation sites excluding steroid dienone is 2. The van der Waals surface area contributed by atoms with Gasteiger partial charge in [0.1, 0.15) is 0 Å². The molecule has 1 aliphatic carbocycles. The topological polar surface area (TPSA) is 18.5 Å². The predicted octanol–water partition coefficient (Wildman–Crippen LogP) is 4.75. The molecule has 0 N–H and O–H groups in total. The molecule has 0 radical (unpaired) electrons. The molecule has 1 saturated heterocycles. The fourth-order valence-electron chi connectivity index (χ4n) is 2.95. The lowest BCUT2D eigenvalue weighted by Crippen LogP contribution is -2.41. The van der Waals surface area contributed by atoms with Gasteiger partial charge in [-0.1, -0.05) is 25.0 Å². The van der Waals surface area contributed by atoms with Crippen molar-refractivity contribution in [1.29, 1.82) is 0 Å². The highest BCUT2D eigenvalue weighted by Crippen LogP contribution is 2.44. The molecule has 0 amide bonds. The number of hydrogen-bond donors (Lipinski definition) is 0. The molecule has 0 saturated carbocycles. The molecule has 0 unspecified atom stereocenters. The Morgan fingerprint density at radius 3 is 2.42 bits per heavy atom. The highest BCUT2D eigenvalue weighted by atomic mass is 16.7. The average molecular weight is 264 g/mol. The van der Waals surface area contributed by atoms with Gasteiger partial charge in [-0.05, 0) is 65.6 Å². The van der Waals surface area contributed by atoms with Gasteiger partial charge in [0.05, 0.1) is 11.2 Å². The van der Waals surface area contributed by atoms with Crippen molar-refractivity contribution in [3.05, 3.63) is 11.6 Å². The fraction of sp³-hybridized carbons (Fsp3) is 0.875. The van der Waals surface area contributed by atoms with Crippen molar-refractivity contribution in [2.24, 2.45) is 0 Å². The van der Waals surface area contributed by atoms with Crippen LogP contribution < -0.4 is 0 Å². The van der Waals surface area contributed by atoms with Crippen molar-refractivity contribution < 1.29 is 9.31 Å². The summed E-state index contributed by atoms with van der Waals surface area (Å²) in [6, 6.07) is 0. The average Bonchev–Trinajstić information content (AvgIpc) is 2.56. The molecule has 0 aromatic heterocycles. The summed E-state index contributed by atoms with van der Waals surface area (Å²) in [5.74, 6) is 0.540. The monoisotopic (exact) mass is 264 g/mol. The molecule has 108 valence electrons. The van der Waals surface area contributed by atoms with E-state index in [9.17, 15) is 0 Å². The fourth-order valence-corrected chi connectivity index (χ4v) is 2.95. The maximum absolute atomic E-state index is 6.21. The Morgan fingerprint density at radius 1 is 1.21 bits per heavy atom. The third kappa shape index (κ3) is 3.25. The summed E-state index contributed by atoms with van der Waals surface area (Å²) in [6.45, 7) is 10.8. The smallest absolute Gasteiger partial charge is 0.403 e. The van der Waals surface area contributed by atoms with E-state index in [0.717, 1.165) is 6.42 Å². The van der Waals surface area contributed by atoms with Gasteiger partial charge in [-0.25, -0.2) is 0 Å². The molecule has 3 heteroatoms. The van der Waals surface area contributed by atoms with Crippen LogP contribution in [0.3, 0.4) is 0 Å². The van der Waals surface area contributed by atoms with Crippen LogP contribution in [0.5, 0.6) is 0 Å². The van der Waals surface area contributed by atoms with Gasteiger partial charge in [-0.3, -0.25) is 0 Å². The molecule has 1 atom stereocenters. The minimum Gasteiger partial charge on any atom is -0.403 e. The third-order valence-corrected chi connectivity index (χ3v) is 5.00.